The molecule has 6 nitrogen and oxygen atoms in total. The minimum atomic E-state index is -0.183. The molecule has 0 radical (unpaired) electrons. The van der Waals surface area contributed by atoms with Gasteiger partial charge in [0.2, 0.25) is 0 Å². The number of nitrogens with zero attached hydrogens (tertiary/aromatic N) is 2. The molecule has 1 amide bonds. The molecular formula is C24H22N2O4S. The number of thiazole rings is 1. The van der Waals surface area contributed by atoms with Gasteiger partial charge in [0, 0.05) is 12.1 Å². The number of anilines is 1. The van der Waals surface area contributed by atoms with Gasteiger partial charge in [0.15, 0.2) is 11.7 Å². The number of fused-ring (bicyclic) bond motifs is 1. The summed E-state index contributed by atoms with van der Waals surface area (Å²) < 4.78 is 17.2. The third-order valence-corrected chi connectivity index (χ3v) is 5.76. The predicted molar refractivity (Wildman–Crippen MR) is 122 cm³/mol. The Morgan fingerprint density at radius 2 is 1.65 bits per heavy atom. The zero-order valence-electron chi connectivity index (χ0n) is 17.3. The van der Waals surface area contributed by atoms with Crippen LogP contribution in [0.3, 0.4) is 0 Å². The quantitative estimate of drug-likeness (QED) is 0.394. The lowest BCUT2D eigenvalue weighted by molar-refractivity contribution is -0.120. The molecule has 0 aliphatic carbocycles. The number of amides is 1. The summed E-state index contributed by atoms with van der Waals surface area (Å²) in [6.45, 7) is 0.289. The summed E-state index contributed by atoms with van der Waals surface area (Å²) >= 11 is 1.46. The maximum Gasteiger partial charge on any atom is 0.267 e. The summed E-state index contributed by atoms with van der Waals surface area (Å²) in [5, 5.41) is 0.617. The van der Waals surface area contributed by atoms with E-state index < -0.39 is 0 Å². The molecule has 0 aliphatic rings. The molecule has 0 N–H and O–H groups in total. The van der Waals surface area contributed by atoms with Gasteiger partial charge in [-0.3, -0.25) is 9.69 Å². The Bertz CT molecular complexity index is 1180. The molecule has 1 heterocycles. The Labute approximate surface area is 184 Å². The van der Waals surface area contributed by atoms with Crippen LogP contribution in [0.5, 0.6) is 17.2 Å². The number of ether oxygens (including phenoxy) is 3. The summed E-state index contributed by atoms with van der Waals surface area (Å²) in [6, 6.07) is 22.7. The zero-order valence-corrected chi connectivity index (χ0v) is 18.1. The number of carbonyl (C=O) groups excluding carboxylic acids is 1. The van der Waals surface area contributed by atoms with Crippen LogP contribution in [0.4, 0.5) is 5.13 Å². The molecule has 0 atom stereocenters. The van der Waals surface area contributed by atoms with E-state index in [1.54, 1.807) is 31.3 Å². The first-order valence-corrected chi connectivity index (χ1v) is 10.5. The van der Waals surface area contributed by atoms with Crippen molar-refractivity contribution in [3.05, 3.63) is 78.4 Å². The van der Waals surface area contributed by atoms with Gasteiger partial charge >= 0.3 is 0 Å². The Kier molecular flexibility index (Phi) is 6.33. The third kappa shape index (κ3) is 4.95. The van der Waals surface area contributed by atoms with Crippen LogP contribution in [0.15, 0.2) is 72.8 Å². The number of methoxy groups -OCH3 is 2. The van der Waals surface area contributed by atoms with Crippen molar-refractivity contribution >= 4 is 32.6 Å². The lowest BCUT2D eigenvalue weighted by atomic mass is 10.2. The van der Waals surface area contributed by atoms with E-state index in [1.807, 2.05) is 60.7 Å². The van der Waals surface area contributed by atoms with Gasteiger partial charge < -0.3 is 14.2 Å². The fraction of sp³-hybridized carbons (Fsp3) is 0.167. The minimum absolute atomic E-state index is 0.112. The largest absolute Gasteiger partial charge is 0.497 e. The monoisotopic (exact) mass is 434 g/mol. The molecule has 1 aromatic heterocycles. The number of benzene rings is 3. The highest BCUT2D eigenvalue weighted by atomic mass is 32.1. The second-order valence-corrected chi connectivity index (χ2v) is 7.77. The van der Waals surface area contributed by atoms with Crippen LogP contribution in [0.1, 0.15) is 5.56 Å². The van der Waals surface area contributed by atoms with E-state index in [0.29, 0.717) is 23.2 Å². The number of aromatic nitrogens is 1. The van der Waals surface area contributed by atoms with E-state index in [1.165, 1.54) is 11.3 Å². The highest BCUT2D eigenvalue weighted by molar-refractivity contribution is 7.22. The molecule has 4 aromatic rings. The summed E-state index contributed by atoms with van der Waals surface area (Å²) in [4.78, 5) is 19.5. The molecule has 158 valence electrons. The van der Waals surface area contributed by atoms with E-state index in [0.717, 1.165) is 21.5 Å². The van der Waals surface area contributed by atoms with E-state index in [2.05, 4.69) is 4.98 Å². The van der Waals surface area contributed by atoms with Crippen molar-refractivity contribution in [2.75, 3.05) is 25.7 Å². The average Bonchev–Trinajstić information content (AvgIpc) is 3.24. The highest BCUT2D eigenvalue weighted by Crippen LogP contribution is 2.32. The van der Waals surface area contributed by atoms with Crippen LogP contribution in [0, 0.1) is 0 Å². The van der Waals surface area contributed by atoms with Crippen LogP contribution >= 0.6 is 11.3 Å². The number of rotatable bonds is 8. The van der Waals surface area contributed by atoms with Crippen molar-refractivity contribution in [2.24, 2.45) is 0 Å². The Morgan fingerprint density at radius 1 is 0.903 bits per heavy atom. The molecule has 3 aromatic carbocycles. The van der Waals surface area contributed by atoms with Crippen LogP contribution in [0.2, 0.25) is 0 Å². The van der Waals surface area contributed by atoms with Gasteiger partial charge in [-0.05, 0) is 29.8 Å². The topological polar surface area (TPSA) is 60.9 Å². The van der Waals surface area contributed by atoms with Crippen molar-refractivity contribution in [1.29, 1.82) is 0 Å². The van der Waals surface area contributed by atoms with Crippen LogP contribution < -0.4 is 19.1 Å². The molecular weight excluding hydrogens is 412 g/mol. The first-order chi connectivity index (χ1) is 15.2. The molecule has 0 saturated heterocycles. The van der Waals surface area contributed by atoms with Gasteiger partial charge in [-0.1, -0.05) is 47.7 Å². The molecule has 0 bridgehead atoms. The first kappa shape index (κ1) is 20.7. The van der Waals surface area contributed by atoms with E-state index in [4.69, 9.17) is 14.2 Å². The van der Waals surface area contributed by atoms with Crippen molar-refractivity contribution in [1.82, 2.24) is 4.98 Å². The third-order valence-electron chi connectivity index (χ3n) is 4.70. The summed E-state index contributed by atoms with van der Waals surface area (Å²) in [5.74, 6) is 1.79. The minimum Gasteiger partial charge on any atom is -0.497 e. The van der Waals surface area contributed by atoms with E-state index in [9.17, 15) is 4.79 Å². The molecule has 0 spiro atoms. The predicted octanol–water partition coefficient (Wildman–Crippen LogP) is 4.93. The molecule has 0 saturated carbocycles. The van der Waals surface area contributed by atoms with Gasteiger partial charge in [-0.15, -0.1) is 0 Å². The van der Waals surface area contributed by atoms with Gasteiger partial charge in [-0.2, -0.15) is 0 Å². The Hall–Kier alpha value is -3.58. The highest BCUT2D eigenvalue weighted by Gasteiger charge is 2.21. The van der Waals surface area contributed by atoms with Crippen molar-refractivity contribution < 1.29 is 19.0 Å². The first-order valence-electron chi connectivity index (χ1n) is 9.72. The standard InChI is InChI=1S/C24H22N2O4S/c1-28-18-9-6-10-20(13-18)30-16-23(27)26(15-17-7-4-3-5-8-17)24-25-21-14-19(29-2)11-12-22(21)31-24/h3-14H,15-16H2,1-2H3. The lowest BCUT2D eigenvalue weighted by Gasteiger charge is -2.20. The van der Waals surface area contributed by atoms with Crippen LogP contribution in [-0.4, -0.2) is 31.7 Å². The molecule has 31 heavy (non-hydrogen) atoms. The molecule has 7 heteroatoms. The fourth-order valence-electron chi connectivity index (χ4n) is 3.08. The molecule has 0 fully saturated rings. The lowest BCUT2D eigenvalue weighted by Crippen LogP contribution is -2.34. The second kappa shape index (κ2) is 9.49. The second-order valence-electron chi connectivity index (χ2n) is 6.76. The summed E-state index contributed by atoms with van der Waals surface area (Å²) in [6.07, 6.45) is 0. The number of hydrogen-bond acceptors (Lipinski definition) is 6. The molecule has 0 aliphatic heterocycles. The maximum atomic E-state index is 13.2. The van der Waals surface area contributed by atoms with Crippen LogP contribution in [-0.2, 0) is 11.3 Å². The van der Waals surface area contributed by atoms with E-state index >= 15 is 0 Å². The molecule has 0 unspecified atom stereocenters. The fourth-order valence-corrected chi connectivity index (χ4v) is 4.04. The maximum absolute atomic E-state index is 13.2. The van der Waals surface area contributed by atoms with Gasteiger partial charge in [-0.25, -0.2) is 4.98 Å². The molecule has 4 rings (SSSR count). The normalized spacial score (nSPS) is 10.6. The van der Waals surface area contributed by atoms with Gasteiger partial charge in [0.05, 0.1) is 31.0 Å². The van der Waals surface area contributed by atoms with Crippen molar-refractivity contribution in [2.45, 2.75) is 6.54 Å². The number of carbonyl (C=O) groups is 1. The SMILES string of the molecule is COc1cccc(OCC(=O)N(Cc2ccccc2)c2nc3cc(OC)ccc3s2)c1. The van der Waals surface area contributed by atoms with Crippen molar-refractivity contribution in [3.63, 3.8) is 0 Å². The number of hydrogen-bond donors (Lipinski definition) is 0. The van der Waals surface area contributed by atoms with Crippen LogP contribution in [0.25, 0.3) is 10.2 Å². The smallest absolute Gasteiger partial charge is 0.267 e. The Balaban J connectivity index is 1.59. The summed E-state index contributed by atoms with van der Waals surface area (Å²) in [7, 11) is 3.21. The average molecular weight is 435 g/mol. The van der Waals surface area contributed by atoms with Crippen molar-refractivity contribution in [3.8, 4) is 17.2 Å². The zero-order chi connectivity index (χ0) is 21.6. The summed E-state index contributed by atoms with van der Waals surface area (Å²) in [5.41, 5.74) is 1.80. The van der Waals surface area contributed by atoms with Gasteiger partial charge in [0.1, 0.15) is 17.2 Å². The van der Waals surface area contributed by atoms with E-state index in [-0.39, 0.29) is 12.5 Å². The van der Waals surface area contributed by atoms with Gasteiger partial charge in [0.25, 0.3) is 5.91 Å². The Morgan fingerprint density at radius 3 is 2.42 bits per heavy atom.